The number of anilines is 1. The number of methoxy groups -OCH3 is 2. The third-order valence-electron chi connectivity index (χ3n) is 3.66. The fraction of sp³-hybridized carbons (Fsp3) is 0.263. The molecule has 0 aliphatic heterocycles. The lowest BCUT2D eigenvalue weighted by atomic mass is 10.1. The number of carbonyl (C=O) groups is 2. The molecule has 0 unspecified atom stereocenters. The monoisotopic (exact) mass is 360 g/mol. The summed E-state index contributed by atoms with van der Waals surface area (Å²) < 4.78 is 23.8. The number of halogens is 1. The highest BCUT2D eigenvalue weighted by atomic mass is 19.1. The van der Waals surface area contributed by atoms with Crippen molar-refractivity contribution in [3.63, 3.8) is 0 Å². The number of hydrogen-bond acceptors (Lipinski definition) is 4. The zero-order valence-electron chi connectivity index (χ0n) is 14.7. The van der Waals surface area contributed by atoms with Gasteiger partial charge in [-0.15, -0.1) is 0 Å². The lowest BCUT2D eigenvalue weighted by Gasteiger charge is -2.11. The zero-order valence-corrected chi connectivity index (χ0v) is 14.7. The number of benzene rings is 2. The van der Waals surface area contributed by atoms with Crippen LogP contribution in [0.15, 0.2) is 42.5 Å². The first-order chi connectivity index (χ1) is 12.5. The van der Waals surface area contributed by atoms with E-state index >= 15 is 0 Å². The predicted octanol–water partition coefficient (Wildman–Crippen LogP) is 2.53. The van der Waals surface area contributed by atoms with Crippen molar-refractivity contribution in [2.75, 3.05) is 26.1 Å². The number of ether oxygens (including phenoxy) is 2. The number of amides is 2. The van der Waals surface area contributed by atoms with Crippen molar-refractivity contribution in [1.29, 1.82) is 0 Å². The molecule has 0 heterocycles. The quantitative estimate of drug-likeness (QED) is 0.710. The Kier molecular flexibility index (Phi) is 6.96. The van der Waals surface area contributed by atoms with Gasteiger partial charge in [-0.3, -0.25) is 9.59 Å². The van der Waals surface area contributed by atoms with Gasteiger partial charge in [-0.05, 0) is 30.2 Å². The van der Waals surface area contributed by atoms with E-state index in [4.69, 9.17) is 9.47 Å². The van der Waals surface area contributed by atoms with Crippen molar-refractivity contribution in [2.24, 2.45) is 0 Å². The molecule has 2 rings (SSSR count). The standard InChI is InChI=1S/C19H21FN2O4/c1-25-16-8-7-14(11-17(16)26-2)22-19(24)12-18(23)21-10-9-13-5-3-4-6-15(13)20/h3-8,11H,9-10,12H2,1-2H3,(H,21,23)(H,22,24). The van der Waals surface area contributed by atoms with E-state index in [1.54, 1.807) is 36.4 Å². The van der Waals surface area contributed by atoms with Crippen molar-refractivity contribution in [3.8, 4) is 11.5 Å². The molecule has 2 aromatic carbocycles. The molecular weight excluding hydrogens is 339 g/mol. The average Bonchev–Trinajstić information content (AvgIpc) is 2.63. The first-order valence-corrected chi connectivity index (χ1v) is 8.05. The highest BCUT2D eigenvalue weighted by Crippen LogP contribution is 2.29. The predicted molar refractivity (Wildman–Crippen MR) is 95.9 cm³/mol. The molecule has 26 heavy (non-hydrogen) atoms. The Morgan fingerprint density at radius 3 is 2.42 bits per heavy atom. The summed E-state index contributed by atoms with van der Waals surface area (Å²) in [6.07, 6.45) is 0.0291. The Balaban J connectivity index is 1.80. The van der Waals surface area contributed by atoms with Gasteiger partial charge in [0.15, 0.2) is 11.5 Å². The highest BCUT2D eigenvalue weighted by Gasteiger charge is 2.11. The van der Waals surface area contributed by atoms with E-state index in [-0.39, 0.29) is 18.8 Å². The molecule has 138 valence electrons. The van der Waals surface area contributed by atoms with Gasteiger partial charge in [-0.2, -0.15) is 0 Å². The van der Waals surface area contributed by atoms with E-state index in [9.17, 15) is 14.0 Å². The molecule has 2 N–H and O–H groups in total. The number of hydrogen-bond donors (Lipinski definition) is 2. The number of rotatable bonds is 8. The van der Waals surface area contributed by atoms with Crippen LogP contribution in [-0.2, 0) is 16.0 Å². The molecule has 0 atom stereocenters. The van der Waals surface area contributed by atoms with Crippen molar-refractivity contribution in [1.82, 2.24) is 5.32 Å². The summed E-state index contributed by atoms with van der Waals surface area (Å²) in [4.78, 5) is 23.8. The maximum atomic E-state index is 13.5. The molecule has 6 nitrogen and oxygen atoms in total. The third kappa shape index (κ3) is 5.47. The summed E-state index contributed by atoms with van der Waals surface area (Å²) in [6.45, 7) is 0.253. The van der Waals surface area contributed by atoms with E-state index in [1.165, 1.54) is 20.3 Å². The zero-order chi connectivity index (χ0) is 18.9. The van der Waals surface area contributed by atoms with Gasteiger partial charge in [0, 0.05) is 18.3 Å². The van der Waals surface area contributed by atoms with Gasteiger partial charge in [0.25, 0.3) is 0 Å². The Bertz CT molecular complexity index is 780. The van der Waals surface area contributed by atoms with Crippen LogP contribution in [0.4, 0.5) is 10.1 Å². The maximum absolute atomic E-state index is 13.5. The molecule has 0 radical (unpaired) electrons. The van der Waals surface area contributed by atoms with Gasteiger partial charge in [-0.25, -0.2) is 4.39 Å². The van der Waals surface area contributed by atoms with Crippen LogP contribution in [0.1, 0.15) is 12.0 Å². The SMILES string of the molecule is COc1ccc(NC(=O)CC(=O)NCCc2ccccc2F)cc1OC. The largest absolute Gasteiger partial charge is 0.493 e. The molecular formula is C19H21FN2O4. The van der Waals surface area contributed by atoms with Gasteiger partial charge in [0.1, 0.15) is 12.2 Å². The molecule has 2 amide bonds. The van der Waals surface area contributed by atoms with Crippen LogP contribution in [0.5, 0.6) is 11.5 Å². The summed E-state index contributed by atoms with van der Waals surface area (Å²) >= 11 is 0. The highest BCUT2D eigenvalue weighted by molar-refractivity contribution is 6.03. The molecule has 0 saturated carbocycles. The smallest absolute Gasteiger partial charge is 0.233 e. The fourth-order valence-electron chi connectivity index (χ4n) is 2.37. The minimum atomic E-state index is -0.458. The molecule has 0 saturated heterocycles. The number of nitrogens with one attached hydrogen (secondary N) is 2. The molecule has 7 heteroatoms. The van der Waals surface area contributed by atoms with E-state index < -0.39 is 11.8 Å². The molecule has 2 aromatic rings. The molecule has 0 aliphatic carbocycles. The minimum absolute atomic E-state index is 0.253. The van der Waals surface area contributed by atoms with Crippen LogP contribution < -0.4 is 20.1 Å². The molecule has 0 fully saturated rings. The topological polar surface area (TPSA) is 76.7 Å². The van der Waals surface area contributed by atoms with Crippen LogP contribution in [0.25, 0.3) is 0 Å². The van der Waals surface area contributed by atoms with Gasteiger partial charge >= 0.3 is 0 Å². The van der Waals surface area contributed by atoms with E-state index in [0.29, 0.717) is 29.2 Å². The van der Waals surface area contributed by atoms with E-state index in [2.05, 4.69) is 10.6 Å². The van der Waals surface area contributed by atoms with Crippen molar-refractivity contribution >= 4 is 17.5 Å². The second-order valence-electron chi connectivity index (χ2n) is 5.49. The lowest BCUT2D eigenvalue weighted by Crippen LogP contribution is -2.29. The van der Waals surface area contributed by atoms with Crippen LogP contribution in [0, 0.1) is 5.82 Å². The van der Waals surface area contributed by atoms with Crippen LogP contribution >= 0.6 is 0 Å². The number of carbonyl (C=O) groups excluding carboxylic acids is 2. The van der Waals surface area contributed by atoms with Crippen molar-refractivity contribution < 1.29 is 23.5 Å². The summed E-state index contributed by atoms with van der Waals surface area (Å²) in [5.41, 5.74) is 1.01. The first kappa shape index (κ1) is 19.2. The average molecular weight is 360 g/mol. The summed E-state index contributed by atoms with van der Waals surface area (Å²) in [5.74, 6) is -0.191. The Labute approximate surface area is 151 Å². The summed E-state index contributed by atoms with van der Waals surface area (Å²) in [7, 11) is 3.01. The lowest BCUT2D eigenvalue weighted by molar-refractivity contribution is -0.126. The second kappa shape index (κ2) is 9.41. The summed E-state index contributed by atoms with van der Waals surface area (Å²) in [6, 6.07) is 11.3. The van der Waals surface area contributed by atoms with E-state index in [1.807, 2.05) is 0 Å². The first-order valence-electron chi connectivity index (χ1n) is 8.05. The minimum Gasteiger partial charge on any atom is -0.493 e. The van der Waals surface area contributed by atoms with Gasteiger partial charge < -0.3 is 20.1 Å². The van der Waals surface area contributed by atoms with Crippen LogP contribution in [0.3, 0.4) is 0 Å². The Morgan fingerprint density at radius 1 is 1.00 bits per heavy atom. The maximum Gasteiger partial charge on any atom is 0.233 e. The van der Waals surface area contributed by atoms with Crippen LogP contribution in [-0.4, -0.2) is 32.6 Å². The molecule has 0 aliphatic rings. The molecule has 0 spiro atoms. The van der Waals surface area contributed by atoms with Gasteiger partial charge in [0.05, 0.1) is 14.2 Å². The van der Waals surface area contributed by atoms with Gasteiger partial charge in [0.2, 0.25) is 11.8 Å². The van der Waals surface area contributed by atoms with E-state index in [0.717, 1.165) is 0 Å². The van der Waals surface area contributed by atoms with Crippen molar-refractivity contribution in [2.45, 2.75) is 12.8 Å². The Morgan fingerprint density at radius 2 is 1.73 bits per heavy atom. The van der Waals surface area contributed by atoms with Gasteiger partial charge in [-0.1, -0.05) is 18.2 Å². The molecule has 0 aromatic heterocycles. The third-order valence-corrected chi connectivity index (χ3v) is 3.66. The molecule has 0 bridgehead atoms. The Hall–Kier alpha value is -3.09. The van der Waals surface area contributed by atoms with Crippen molar-refractivity contribution in [3.05, 3.63) is 53.8 Å². The fourth-order valence-corrected chi connectivity index (χ4v) is 2.37. The second-order valence-corrected chi connectivity index (χ2v) is 5.49. The summed E-state index contributed by atoms with van der Waals surface area (Å²) in [5, 5.41) is 5.23. The van der Waals surface area contributed by atoms with Crippen LogP contribution in [0.2, 0.25) is 0 Å². The normalized spacial score (nSPS) is 10.1.